The van der Waals surface area contributed by atoms with Gasteiger partial charge in [-0.1, -0.05) is 0 Å². The van der Waals surface area contributed by atoms with E-state index in [2.05, 4.69) is 4.52 Å². The standard InChI is InChI=1S/C10H21O10P/c1-10(2,3)20-9(15)8(14)7(13)6(12)5(11)4-19-21(16,17)18/h5-8,11-14H,4H2,1-3H3,(H2,16,17,18). The molecule has 0 saturated carbocycles. The summed E-state index contributed by atoms with van der Waals surface area (Å²) in [6.45, 7) is 3.54. The molecule has 10 nitrogen and oxygen atoms in total. The number of hydrogen-bond donors (Lipinski definition) is 6. The molecule has 0 aliphatic carbocycles. The number of carbonyl (C=O) groups is 1. The summed E-state index contributed by atoms with van der Waals surface area (Å²) in [6, 6.07) is 0. The first-order valence-corrected chi connectivity index (χ1v) is 7.43. The van der Waals surface area contributed by atoms with Gasteiger partial charge in [0.05, 0.1) is 6.61 Å². The molecule has 0 aliphatic rings. The lowest BCUT2D eigenvalue weighted by Crippen LogP contribution is -2.50. The van der Waals surface area contributed by atoms with Gasteiger partial charge < -0.3 is 34.9 Å². The number of rotatable bonds is 7. The van der Waals surface area contributed by atoms with E-state index < -0.39 is 50.4 Å². The minimum absolute atomic E-state index is 0.940. The fourth-order valence-electron chi connectivity index (χ4n) is 1.19. The minimum atomic E-state index is -4.87. The van der Waals surface area contributed by atoms with Crippen LogP contribution in [-0.2, 0) is 18.6 Å². The van der Waals surface area contributed by atoms with Gasteiger partial charge in [-0.15, -0.1) is 0 Å². The number of phosphoric ester groups is 1. The second-order valence-corrected chi connectivity index (χ2v) is 6.55. The summed E-state index contributed by atoms with van der Waals surface area (Å²) < 4.78 is 19.1. The van der Waals surface area contributed by atoms with Gasteiger partial charge in [0.15, 0.2) is 6.10 Å². The Balaban J connectivity index is 4.57. The number of esters is 1. The van der Waals surface area contributed by atoms with E-state index in [-0.39, 0.29) is 0 Å². The molecule has 0 heterocycles. The Morgan fingerprint density at radius 3 is 1.95 bits per heavy atom. The Morgan fingerprint density at radius 2 is 1.57 bits per heavy atom. The Labute approximate surface area is 121 Å². The van der Waals surface area contributed by atoms with E-state index >= 15 is 0 Å². The van der Waals surface area contributed by atoms with E-state index in [4.69, 9.17) is 14.5 Å². The first-order valence-electron chi connectivity index (χ1n) is 5.90. The summed E-state index contributed by atoms with van der Waals surface area (Å²) in [5.41, 5.74) is -0.940. The van der Waals surface area contributed by atoms with Crippen molar-refractivity contribution in [3.63, 3.8) is 0 Å². The molecule has 0 radical (unpaired) electrons. The predicted molar refractivity (Wildman–Crippen MR) is 67.9 cm³/mol. The average molecular weight is 332 g/mol. The van der Waals surface area contributed by atoms with Gasteiger partial charge in [0.1, 0.15) is 23.9 Å². The van der Waals surface area contributed by atoms with Crippen LogP contribution in [0.5, 0.6) is 0 Å². The smallest absolute Gasteiger partial charge is 0.458 e. The molecule has 0 aromatic rings. The maximum absolute atomic E-state index is 11.5. The van der Waals surface area contributed by atoms with E-state index in [1.165, 1.54) is 20.8 Å². The van der Waals surface area contributed by atoms with Crippen LogP contribution in [-0.4, -0.2) is 72.8 Å². The predicted octanol–water partition coefficient (Wildman–Crippen LogP) is -2.12. The van der Waals surface area contributed by atoms with Crippen LogP contribution in [0.15, 0.2) is 0 Å². The zero-order valence-electron chi connectivity index (χ0n) is 11.8. The molecule has 0 rings (SSSR count). The van der Waals surface area contributed by atoms with Crippen molar-refractivity contribution in [3.05, 3.63) is 0 Å². The highest BCUT2D eigenvalue weighted by atomic mass is 31.2. The van der Waals surface area contributed by atoms with Crippen molar-refractivity contribution in [1.29, 1.82) is 0 Å². The van der Waals surface area contributed by atoms with Crippen LogP contribution in [0.4, 0.5) is 0 Å². The third kappa shape index (κ3) is 8.44. The molecular weight excluding hydrogens is 311 g/mol. The van der Waals surface area contributed by atoms with E-state index in [9.17, 15) is 29.8 Å². The molecule has 0 bridgehead atoms. The quantitative estimate of drug-likeness (QED) is 0.223. The number of aliphatic hydroxyl groups is 4. The molecular formula is C10H21O10P. The minimum Gasteiger partial charge on any atom is -0.458 e. The summed E-state index contributed by atoms with van der Waals surface area (Å²) in [5, 5.41) is 37.9. The van der Waals surface area contributed by atoms with Crippen LogP contribution in [0.2, 0.25) is 0 Å². The number of hydrogen-bond acceptors (Lipinski definition) is 8. The number of carbonyl (C=O) groups excluding carboxylic acids is 1. The van der Waals surface area contributed by atoms with Crippen molar-refractivity contribution in [2.75, 3.05) is 6.61 Å². The summed E-state index contributed by atoms with van der Waals surface area (Å²) in [6.07, 6.45) is -8.30. The molecule has 6 N–H and O–H groups in total. The Kier molecular flexibility index (Phi) is 7.40. The van der Waals surface area contributed by atoms with Crippen LogP contribution in [0.3, 0.4) is 0 Å². The van der Waals surface area contributed by atoms with Crippen molar-refractivity contribution in [1.82, 2.24) is 0 Å². The molecule has 0 fully saturated rings. The van der Waals surface area contributed by atoms with Crippen molar-refractivity contribution in [2.24, 2.45) is 0 Å². The molecule has 0 aliphatic heterocycles. The highest BCUT2D eigenvalue weighted by Crippen LogP contribution is 2.35. The highest BCUT2D eigenvalue weighted by molar-refractivity contribution is 7.46. The third-order valence-corrected chi connectivity index (χ3v) is 2.61. The Morgan fingerprint density at radius 1 is 1.10 bits per heavy atom. The van der Waals surface area contributed by atoms with Crippen LogP contribution < -0.4 is 0 Å². The second-order valence-electron chi connectivity index (χ2n) is 5.31. The van der Waals surface area contributed by atoms with Crippen molar-refractivity contribution < 1.29 is 48.8 Å². The van der Waals surface area contributed by atoms with Gasteiger partial charge in [0.25, 0.3) is 0 Å². The van der Waals surface area contributed by atoms with Crippen molar-refractivity contribution in [2.45, 2.75) is 50.8 Å². The van der Waals surface area contributed by atoms with Gasteiger partial charge in [0, 0.05) is 0 Å². The SMILES string of the molecule is CC(C)(C)OC(=O)C(O)C(O)C(O)C(O)COP(=O)(O)O. The fraction of sp³-hybridized carbons (Fsp3) is 0.900. The molecule has 0 saturated heterocycles. The first kappa shape index (κ1) is 20.4. The Hall–Kier alpha value is -0.580. The molecule has 0 amide bonds. The first-order chi connectivity index (χ1) is 9.24. The fourth-order valence-corrected chi connectivity index (χ4v) is 1.53. The number of ether oxygens (including phenoxy) is 1. The van der Waals surface area contributed by atoms with Crippen molar-refractivity contribution in [3.8, 4) is 0 Å². The van der Waals surface area contributed by atoms with E-state index in [0.717, 1.165) is 0 Å². The van der Waals surface area contributed by atoms with Gasteiger partial charge in [-0.3, -0.25) is 4.52 Å². The Bertz CT molecular complexity index is 386. The summed E-state index contributed by atoms with van der Waals surface area (Å²) in [5.74, 6) is -1.22. The molecule has 0 aromatic heterocycles. The molecule has 4 unspecified atom stereocenters. The molecule has 0 spiro atoms. The van der Waals surface area contributed by atoms with Gasteiger partial charge in [-0.2, -0.15) is 0 Å². The van der Waals surface area contributed by atoms with Crippen molar-refractivity contribution >= 4 is 13.8 Å². The van der Waals surface area contributed by atoms with E-state index in [1.807, 2.05) is 0 Å². The van der Waals surface area contributed by atoms with Crippen LogP contribution >= 0.6 is 7.82 Å². The molecule has 21 heavy (non-hydrogen) atoms. The van der Waals surface area contributed by atoms with Gasteiger partial charge in [-0.25, -0.2) is 9.36 Å². The largest absolute Gasteiger partial charge is 0.469 e. The van der Waals surface area contributed by atoms with E-state index in [1.54, 1.807) is 0 Å². The number of aliphatic hydroxyl groups excluding tert-OH is 4. The van der Waals surface area contributed by atoms with Crippen LogP contribution in [0.25, 0.3) is 0 Å². The zero-order valence-corrected chi connectivity index (χ0v) is 12.7. The second kappa shape index (κ2) is 7.61. The van der Waals surface area contributed by atoms with Crippen LogP contribution in [0.1, 0.15) is 20.8 Å². The monoisotopic (exact) mass is 332 g/mol. The van der Waals surface area contributed by atoms with Gasteiger partial charge in [0.2, 0.25) is 0 Å². The summed E-state index contributed by atoms with van der Waals surface area (Å²) in [4.78, 5) is 28.3. The summed E-state index contributed by atoms with van der Waals surface area (Å²) in [7, 11) is -4.87. The topological polar surface area (TPSA) is 174 Å². The van der Waals surface area contributed by atoms with E-state index in [0.29, 0.717) is 0 Å². The lowest BCUT2D eigenvalue weighted by atomic mass is 10.0. The molecule has 0 aromatic carbocycles. The lowest BCUT2D eigenvalue weighted by Gasteiger charge is -2.27. The summed E-state index contributed by atoms with van der Waals surface area (Å²) >= 11 is 0. The number of phosphoric acid groups is 1. The maximum Gasteiger partial charge on any atom is 0.469 e. The highest BCUT2D eigenvalue weighted by Gasteiger charge is 2.37. The molecule has 4 atom stereocenters. The third-order valence-electron chi connectivity index (χ3n) is 2.13. The average Bonchev–Trinajstić information content (AvgIpc) is 2.30. The van der Waals surface area contributed by atoms with Gasteiger partial charge in [-0.05, 0) is 20.8 Å². The van der Waals surface area contributed by atoms with Crippen LogP contribution in [0, 0.1) is 0 Å². The lowest BCUT2D eigenvalue weighted by molar-refractivity contribution is -0.180. The maximum atomic E-state index is 11.5. The molecule has 11 heteroatoms. The molecule has 126 valence electrons. The normalized spacial score (nSPS) is 18.7. The zero-order chi connectivity index (χ0) is 17.0. The van der Waals surface area contributed by atoms with Gasteiger partial charge >= 0.3 is 13.8 Å².